The fraction of sp³-hybridized carbons (Fsp3) is 1.00. The second kappa shape index (κ2) is 1.87. The highest BCUT2D eigenvalue weighted by atomic mass is 19.4. The Morgan fingerprint density at radius 1 is 1.22 bits per heavy atom. The van der Waals surface area contributed by atoms with E-state index < -0.39 is 18.1 Å². The second-order valence-corrected chi connectivity index (χ2v) is 2.39. The minimum atomic E-state index is -4.06. The van der Waals surface area contributed by atoms with Gasteiger partial charge in [0.2, 0.25) is 0 Å². The van der Waals surface area contributed by atoms with Crippen molar-refractivity contribution in [3.8, 4) is 0 Å². The summed E-state index contributed by atoms with van der Waals surface area (Å²) in [6.45, 7) is 0. The normalized spacial score (nSPS) is 36.0. The second-order valence-electron chi connectivity index (χ2n) is 2.39. The van der Waals surface area contributed by atoms with Gasteiger partial charge in [0, 0.05) is 6.04 Å². The SMILES string of the molecule is N[C@H]1CC[C@@H]1C(F)(F)F. The molecule has 54 valence electrons. The Morgan fingerprint density at radius 3 is 1.78 bits per heavy atom. The van der Waals surface area contributed by atoms with Crippen molar-refractivity contribution in [2.45, 2.75) is 25.1 Å². The van der Waals surface area contributed by atoms with E-state index in [4.69, 9.17) is 5.73 Å². The predicted molar refractivity (Wildman–Crippen MR) is 26.8 cm³/mol. The molecule has 0 saturated heterocycles. The third kappa shape index (κ3) is 1.18. The number of halogens is 3. The van der Waals surface area contributed by atoms with Crippen molar-refractivity contribution < 1.29 is 13.2 Å². The summed E-state index contributed by atoms with van der Waals surface area (Å²) >= 11 is 0. The van der Waals surface area contributed by atoms with Crippen LogP contribution in [0.3, 0.4) is 0 Å². The largest absolute Gasteiger partial charge is 0.393 e. The van der Waals surface area contributed by atoms with Gasteiger partial charge in [-0.05, 0) is 12.8 Å². The molecular formula is C5H8F3N. The highest BCUT2D eigenvalue weighted by Crippen LogP contribution is 2.39. The molecular weight excluding hydrogens is 131 g/mol. The molecule has 0 bridgehead atoms. The van der Waals surface area contributed by atoms with Gasteiger partial charge < -0.3 is 5.73 Å². The summed E-state index contributed by atoms with van der Waals surface area (Å²) < 4.78 is 35.0. The maximum absolute atomic E-state index is 11.7. The molecule has 0 heterocycles. The van der Waals surface area contributed by atoms with Crippen LogP contribution in [0.5, 0.6) is 0 Å². The van der Waals surface area contributed by atoms with Gasteiger partial charge in [-0.2, -0.15) is 13.2 Å². The van der Waals surface area contributed by atoms with Gasteiger partial charge in [-0.15, -0.1) is 0 Å². The van der Waals surface area contributed by atoms with Crippen LogP contribution in [0.4, 0.5) is 13.2 Å². The van der Waals surface area contributed by atoms with E-state index >= 15 is 0 Å². The van der Waals surface area contributed by atoms with Gasteiger partial charge in [-0.25, -0.2) is 0 Å². The fourth-order valence-corrected chi connectivity index (χ4v) is 0.932. The smallest absolute Gasteiger partial charge is 0.327 e. The van der Waals surface area contributed by atoms with Gasteiger partial charge in [0.25, 0.3) is 0 Å². The first-order chi connectivity index (χ1) is 4.02. The highest BCUT2D eigenvalue weighted by Gasteiger charge is 2.48. The molecule has 1 fully saturated rings. The first kappa shape index (κ1) is 6.86. The zero-order valence-electron chi connectivity index (χ0n) is 4.78. The number of hydrogen-bond acceptors (Lipinski definition) is 1. The molecule has 9 heavy (non-hydrogen) atoms. The van der Waals surface area contributed by atoms with Crippen LogP contribution < -0.4 is 5.73 Å². The number of nitrogens with two attached hydrogens (primary N) is 1. The van der Waals surface area contributed by atoms with Crippen LogP contribution in [0.15, 0.2) is 0 Å². The van der Waals surface area contributed by atoms with Crippen molar-refractivity contribution in [3.05, 3.63) is 0 Å². The molecule has 0 aromatic heterocycles. The minimum Gasteiger partial charge on any atom is -0.327 e. The molecule has 0 spiro atoms. The summed E-state index contributed by atoms with van der Waals surface area (Å²) in [6, 6.07) is -0.634. The van der Waals surface area contributed by atoms with Crippen LogP contribution in [0.2, 0.25) is 0 Å². The van der Waals surface area contributed by atoms with Gasteiger partial charge in [0.05, 0.1) is 5.92 Å². The van der Waals surface area contributed by atoms with E-state index in [-0.39, 0.29) is 6.42 Å². The maximum Gasteiger partial charge on any atom is 0.393 e. The van der Waals surface area contributed by atoms with Gasteiger partial charge >= 0.3 is 6.18 Å². The van der Waals surface area contributed by atoms with Crippen LogP contribution in [-0.4, -0.2) is 12.2 Å². The molecule has 2 N–H and O–H groups in total. The lowest BCUT2D eigenvalue weighted by atomic mass is 9.80. The van der Waals surface area contributed by atoms with E-state index in [1.807, 2.05) is 0 Å². The van der Waals surface area contributed by atoms with Gasteiger partial charge in [-0.1, -0.05) is 0 Å². The van der Waals surface area contributed by atoms with Crippen molar-refractivity contribution in [2.75, 3.05) is 0 Å². The zero-order valence-corrected chi connectivity index (χ0v) is 4.78. The van der Waals surface area contributed by atoms with E-state index in [0.29, 0.717) is 6.42 Å². The van der Waals surface area contributed by atoms with Crippen LogP contribution in [-0.2, 0) is 0 Å². The van der Waals surface area contributed by atoms with Crippen LogP contribution in [0.1, 0.15) is 12.8 Å². The molecule has 0 aromatic carbocycles. The summed E-state index contributed by atoms with van der Waals surface area (Å²) in [7, 11) is 0. The Balaban J connectivity index is 2.44. The highest BCUT2D eigenvalue weighted by molar-refractivity contribution is 4.88. The summed E-state index contributed by atoms with van der Waals surface area (Å²) in [5.41, 5.74) is 5.09. The van der Waals surface area contributed by atoms with Crippen molar-refractivity contribution in [1.82, 2.24) is 0 Å². The van der Waals surface area contributed by atoms with Crippen LogP contribution in [0.25, 0.3) is 0 Å². The summed E-state index contributed by atoms with van der Waals surface area (Å²) in [5.74, 6) is -1.22. The average molecular weight is 139 g/mol. The van der Waals surface area contributed by atoms with Gasteiger partial charge in [0.1, 0.15) is 0 Å². The number of rotatable bonds is 0. The zero-order chi connectivity index (χ0) is 7.07. The molecule has 0 aromatic rings. The van der Waals surface area contributed by atoms with Crippen molar-refractivity contribution in [2.24, 2.45) is 11.7 Å². The molecule has 1 nitrogen and oxygen atoms in total. The third-order valence-corrected chi connectivity index (χ3v) is 1.75. The lowest BCUT2D eigenvalue weighted by molar-refractivity contribution is -0.199. The predicted octanol–water partition coefficient (Wildman–Crippen LogP) is 1.29. The van der Waals surface area contributed by atoms with Gasteiger partial charge in [-0.3, -0.25) is 0 Å². The minimum absolute atomic E-state index is 0.213. The first-order valence-electron chi connectivity index (χ1n) is 2.84. The Kier molecular flexibility index (Phi) is 1.42. The van der Waals surface area contributed by atoms with E-state index in [1.54, 1.807) is 0 Å². The lowest BCUT2D eigenvalue weighted by Crippen LogP contribution is -2.47. The molecule has 2 atom stereocenters. The fourth-order valence-electron chi connectivity index (χ4n) is 0.932. The molecule has 4 heteroatoms. The Labute approximate surface area is 51.0 Å². The molecule has 0 amide bonds. The van der Waals surface area contributed by atoms with Gasteiger partial charge in [0.15, 0.2) is 0 Å². The van der Waals surface area contributed by atoms with Crippen LogP contribution in [0, 0.1) is 5.92 Å². The van der Waals surface area contributed by atoms with E-state index in [0.717, 1.165) is 0 Å². The van der Waals surface area contributed by atoms with Crippen molar-refractivity contribution in [3.63, 3.8) is 0 Å². The summed E-state index contributed by atoms with van der Waals surface area (Å²) in [6.07, 6.45) is -3.33. The van der Waals surface area contributed by atoms with E-state index in [2.05, 4.69) is 0 Å². The maximum atomic E-state index is 11.7. The molecule has 1 saturated carbocycles. The molecule has 1 aliphatic carbocycles. The monoisotopic (exact) mass is 139 g/mol. The summed E-state index contributed by atoms with van der Waals surface area (Å²) in [5, 5.41) is 0. The van der Waals surface area contributed by atoms with Crippen molar-refractivity contribution in [1.29, 1.82) is 0 Å². The molecule has 0 radical (unpaired) electrons. The molecule has 1 aliphatic rings. The third-order valence-electron chi connectivity index (χ3n) is 1.75. The topological polar surface area (TPSA) is 26.0 Å². The Morgan fingerprint density at radius 2 is 1.78 bits per heavy atom. The van der Waals surface area contributed by atoms with Crippen molar-refractivity contribution >= 4 is 0 Å². The summed E-state index contributed by atoms with van der Waals surface area (Å²) in [4.78, 5) is 0. The molecule has 0 aliphatic heterocycles. The first-order valence-corrected chi connectivity index (χ1v) is 2.84. The van der Waals surface area contributed by atoms with E-state index in [9.17, 15) is 13.2 Å². The molecule has 1 rings (SSSR count). The number of hydrogen-bond donors (Lipinski definition) is 1. The number of alkyl halides is 3. The van der Waals surface area contributed by atoms with E-state index in [1.165, 1.54) is 0 Å². The lowest BCUT2D eigenvalue weighted by Gasteiger charge is -2.34. The molecule has 0 unspecified atom stereocenters. The Hall–Kier alpha value is -0.250. The van der Waals surface area contributed by atoms with Crippen LogP contribution >= 0.6 is 0 Å². The Bertz CT molecular complexity index is 109. The average Bonchev–Trinajstić information content (AvgIpc) is 1.57. The standard InChI is InChI=1S/C5H8F3N/c6-5(7,8)3-1-2-4(3)9/h3-4H,1-2,9H2/t3-,4-/m0/s1. The quantitative estimate of drug-likeness (QED) is 0.537.